The van der Waals surface area contributed by atoms with Crippen molar-refractivity contribution in [2.75, 3.05) is 25.6 Å². The van der Waals surface area contributed by atoms with Gasteiger partial charge in [0, 0.05) is 19.3 Å². The second-order valence-corrected chi connectivity index (χ2v) is 4.47. The summed E-state index contributed by atoms with van der Waals surface area (Å²) in [6.45, 7) is 4.27. The number of ether oxygens (including phenoxy) is 1. The van der Waals surface area contributed by atoms with E-state index in [9.17, 15) is 4.79 Å². The predicted octanol–water partition coefficient (Wildman–Crippen LogP) is 2.41. The van der Waals surface area contributed by atoms with Crippen molar-refractivity contribution in [2.24, 2.45) is 5.92 Å². The zero-order valence-corrected chi connectivity index (χ0v) is 11.4. The highest BCUT2D eigenvalue weighted by Crippen LogP contribution is 2.25. The van der Waals surface area contributed by atoms with Crippen molar-refractivity contribution in [3.8, 4) is 5.75 Å². The Kier molecular flexibility index (Phi) is 5.01. The van der Waals surface area contributed by atoms with E-state index in [1.165, 1.54) is 0 Å². The molecular weight excluding hydrogens is 230 g/mol. The largest absolute Gasteiger partial charge is 0.496 e. The minimum atomic E-state index is -0.772. The van der Waals surface area contributed by atoms with Crippen molar-refractivity contribution >= 4 is 11.7 Å². The van der Waals surface area contributed by atoms with Gasteiger partial charge in [-0.3, -0.25) is 4.79 Å². The number of benzene rings is 1. The van der Waals surface area contributed by atoms with Crippen molar-refractivity contribution in [1.29, 1.82) is 0 Å². The second kappa shape index (κ2) is 6.28. The summed E-state index contributed by atoms with van der Waals surface area (Å²) in [5.41, 5.74) is 2.14. The maximum absolute atomic E-state index is 10.8. The van der Waals surface area contributed by atoms with Gasteiger partial charge in [-0.1, -0.05) is 13.8 Å². The van der Waals surface area contributed by atoms with Crippen molar-refractivity contribution in [3.63, 3.8) is 0 Å². The van der Waals surface area contributed by atoms with Crippen LogP contribution in [0, 0.1) is 5.92 Å². The first-order chi connectivity index (χ1) is 8.49. The van der Waals surface area contributed by atoms with Crippen LogP contribution in [0.5, 0.6) is 5.75 Å². The predicted molar refractivity (Wildman–Crippen MR) is 72.4 cm³/mol. The highest BCUT2D eigenvalue weighted by Gasteiger charge is 2.14. The molecular formula is C14H21NO3. The summed E-state index contributed by atoms with van der Waals surface area (Å²) in [5.74, 6) is -0.283. The fourth-order valence-electron chi connectivity index (χ4n) is 1.87. The Bertz CT molecular complexity index is 418. The molecule has 1 aromatic rings. The van der Waals surface area contributed by atoms with Crippen LogP contribution in [0.25, 0.3) is 0 Å². The maximum Gasteiger partial charge on any atom is 0.308 e. The molecule has 0 amide bonds. The zero-order chi connectivity index (χ0) is 13.7. The van der Waals surface area contributed by atoms with Crippen LogP contribution in [0.2, 0.25) is 0 Å². The number of aliphatic carboxylic acids is 1. The van der Waals surface area contributed by atoms with Crippen LogP contribution >= 0.6 is 0 Å². The molecule has 0 aliphatic heterocycles. The minimum Gasteiger partial charge on any atom is -0.496 e. The molecule has 0 fully saturated rings. The number of rotatable bonds is 6. The molecule has 1 rings (SSSR count). The molecule has 0 heterocycles. The first-order valence-corrected chi connectivity index (χ1v) is 6.10. The molecule has 0 saturated heterocycles. The molecule has 0 radical (unpaired) electrons. The van der Waals surface area contributed by atoms with Gasteiger partial charge in [-0.15, -0.1) is 0 Å². The van der Waals surface area contributed by atoms with Crippen molar-refractivity contribution in [1.82, 2.24) is 0 Å². The third kappa shape index (κ3) is 3.39. The van der Waals surface area contributed by atoms with E-state index in [0.29, 0.717) is 6.54 Å². The SMILES string of the molecule is CCc1cc(N(C)CC(C)C(=O)O)ccc1OC. The highest BCUT2D eigenvalue weighted by atomic mass is 16.5. The zero-order valence-electron chi connectivity index (χ0n) is 11.4. The van der Waals surface area contributed by atoms with E-state index in [-0.39, 0.29) is 5.92 Å². The molecule has 0 aromatic heterocycles. The third-order valence-electron chi connectivity index (χ3n) is 3.05. The van der Waals surface area contributed by atoms with E-state index < -0.39 is 5.97 Å². The highest BCUT2D eigenvalue weighted by molar-refractivity contribution is 5.70. The summed E-state index contributed by atoms with van der Waals surface area (Å²) in [7, 11) is 3.56. The number of methoxy groups -OCH3 is 1. The summed E-state index contributed by atoms with van der Waals surface area (Å²) in [4.78, 5) is 12.8. The summed E-state index contributed by atoms with van der Waals surface area (Å²) < 4.78 is 5.28. The van der Waals surface area contributed by atoms with Gasteiger partial charge in [0.1, 0.15) is 5.75 Å². The molecule has 4 nitrogen and oxygen atoms in total. The standard InChI is InChI=1S/C14H21NO3/c1-5-11-8-12(6-7-13(11)18-4)15(3)9-10(2)14(16)17/h6-8,10H,5,9H2,1-4H3,(H,16,17). The molecule has 0 aliphatic rings. The van der Waals surface area contributed by atoms with E-state index in [1.807, 2.05) is 30.1 Å². The molecule has 4 heteroatoms. The number of hydrogen-bond acceptors (Lipinski definition) is 3. The van der Waals surface area contributed by atoms with Gasteiger partial charge < -0.3 is 14.7 Å². The van der Waals surface area contributed by atoms with E-state index in [2.05, 4.69) is 6.92 Å². The lowest BCUT2D eigenvalue weighted by Crippen LogP contribution is -2.28. The van der Waals surface area contributed by atoms with E-state index >= 15 is 0 Å². The van der Waals surface area contributed by atoms with Crippen LogP contribution < -0.4 is 9.64 Å². The topological polar surface area (TPSA) is 49.8 Å². The van der Waals surface area contributed by atoms with Gasteiger partial charge in [0.05, 0.1) is 13.0 Å². The number of nitrogens with zero attached hydrogens (tertiary/aromatic N) is 1. The number of hydrogen-bond donors (Lipinski definition) is 1. The van der Waals surface area contributed by atoms with Crippen molar-refractivity contribution in [3.05, 3.63) is 23.8 Å². The Hall–Kier alpha value is -1.71. The quantitative estimate of drug-likeness (QED) is 0.843. The normalized spacial score (nSPS) is 12.0. The van der Waals surface area contributed by atoms with E-state index in [4.69, 9.17) is 9.84 Å². The molecule has 0 saturated carbocycles. The number of carboxylic acids is 1. The molecule has 0 aliphatic carbocycles. The molecule has 100 valence electrons. The Labute approximate surface area is 108 Å². The van der Waals surface area contributed by atoms with Crippen LogP contribution in [0.3, 0.4) is 0 Å². The molecule has 1 N–H and O–H groups in total. The molecule has 0 bridgehead atoms. The fourth-order valence-corrected chi connectivity index (χ4v) is 1.87. The first-order valence-electron chi connectivity index (χ1n) is 6.10. The number of aryl methyl sites for hydroxylation is 1. The number of anilines is 1. The third-order valence-corrected chi connectivity index (χ3v) is 3.05. The fraction of sp³-hybridized carbons (Fsp3) is 0.500. The monoisotopic (exact) mass is 251 g/mol. The summed E-state index contributed by atoms with van der Waals surface area (Å²) in [6, 6.07) is 5.93. The van der Waals surface area contributed by atoms with Crippen LogP contribution in [0.4, 0.5) is 5.69 Å². The molecule has 1 unspecified atom stereocenters. The second-order valence-electron chi connectivity index (χ2n) is 4.47. The lowest BCUT2D eigenvalue weighted by molar-refractivity contribution is -0.140. The van der Waals surface area contributed by atoms with Crippen molar-refractivity contribution < 1.29 is 14.6 Å². The van der Waals surface area contributed by atoms with Crippen LogP contribution in [-0.4, -0.2) is 31.8 Å². The Morgan fingerprint density at radius 1 is 1.50 bits per heavy atom. The molecule has 1 aromatic carbocycles. The molecule has 0 spiro atoms. The van der Waals surface area contributed by atoms with E-state index in [0.717, 1.165) is 23.4 Å². The summed E-state index contributed by atoms with van der Waals surface area (Å²) in [6.07, 6.45) is 0.888. The van der Waals surface area contributed by atoms with Gasteiger partial charge in [-0.25, -0.2) is 0 Å². The van der Waals surface area contributed by atoms with Gasteiger partial charge in [0.15, 0.2) is 0 Å². The number of carbonyl (C=O) groups is 1. The van der Waals surface area contributed by atoms with Crippen LogP contribution in [-0.2, 0) is 11.2 Å². The van der Waals surface area contributed by atoms with Gasteiger partial charge in [0.25, 0.3) is 0 Å². The van der Waals surface area contributed by atoms with Gasteiger partial charge in [-0.2, -0.15) is 0 Å². The average molecular weight is 251 g/mol. The van der Waals surface area contributed by atoms with Gasteiger partial charge in [0.2, 0.25) is 0 Å². The smallest absolute Gasteiger partial charge is 0.308 e. The maximum atomic E-state index is 10.8. The Morgan fingerprint density at radius 2 is 2.17 bits per heavy atom. The first kappa shape index (κ1) is 14.4. The molecule has 1 atom stereocenters. The average Bonchev–Trinajstić information content (AvgIpc) is 2.37. The summed E-state index contributed by atoms with van der Waals surface area (Å²) in [5, 5.41) is 8.91. The molecule has 18 heavy (non-hydrogen) atoms. The van der Waals surface area contributed by atoms with Crippen LogP contribution in [0.15, 0.2) is 18.2 Å². The summed E-state index contributed by atoms with van der Waals surface area (Å²) >= 11 is 0. The van der Waals surface area contributed by atoms with Crippen LogP contribution in [0.1, 0.15) is 19.4 Å². The number of carboxylic acid groups (broad SMARTS) is 1. The van der Waals surface area contributed by atoms with Crippen molar-refractivity contribution in [2.45, 2.75) is 20.3 Å². The van der Waals surface area contributed by atoms with Gasteiger partial charge >= 0.3 is 5.97 Å². The lowest BCUT2D eigenvalue weighted by Gasteiger charge is -2.22. The minimum absolute atomic E-state index is 0.387. The van der Waals surface area contributed by atoms with Gasteiger partial charge in [-0.05, 0) is 30.2 Å². The Balaban J connectivity index is 2.86. The Morgan fingerprint density at radius 3 is 2.67 bits per heavy atom. The lowest BCUT2D eigenvalue weighted by atomic mass is 10.1. The van der Waals surface area contributed by atoms with E-state index in [1.54, 1.807) is 14.0 Å².